The van der Waals surface area contributed by atoms with Gasteiger partial charge in [-0.1, -0.05) is 18.2 Å². The second-order valence-corrected chi connectivity index (χ2v) is 4.10. The van der Waals surface area contributed by atoms with Crippen LogP contribution in [0.25, 0.3) is 5.69 Å². The van der Waals surface area contributed by atoms with Gasteiger partial charge in [-0.15, -0.1) is 0 Å². The van der Waals surface area contributed by atoms with Gasteiger partial charge < -0.3 is 14.6 Å². The smallest absolute Gasteiger partial charge is 0.271 e. The summed E-state index contributed by atoms with van der Waals surface area (Å²) in [7, 11) is 1.64. The predicted molar refractivity (Wildman–Crippen MR) is 72.4 cm³/mol. The average Bonchev–Trinajstić information content (AvgIpc) is 2.94. The Kier molecular flexibility index (Phi) is 4.69. The van der Waals surface area contributed by atoms with Crippen LogP contribution in [-0.4, -0.2) is 35.7 Å². The molecule has 2 aromatic rings. The molecule has 100 valence electrons. The van der Waals surface area contributed by atoms with Crippen molar-refractivity contribution in [2.75, 3.05) is 20.3 Å². The SMILES string of the molecule is COCCCNC(=O)c1cn(-c2ccccc2)cn1. The molecule has 1 N–H and O–H groups in total. The number of hydrogen-bond donors (Lipinski definition) is 1. The maximum atomic E-state index is 11.8. The lowest BCUT2D eigenvalue weighted by atomic mass is 10.3. The summed E-state index contributed by atoms with van der Waals surface area (Å²) in [6.45, 7) is 1.23. The largest absolute Gasteiger partial charge is 0.385 e. The van der Waals surface area contributed by atoms with Crippen molar-refractivity contribution in [3.8, 4) is 5.69 Å². The summed E-state index contributed by atoms with van der Waals surface area (Å²) in [5.41, 5.74) is 1.40. The van der Waals surface area contributed by atoms with E-state index in [9.17, 15) is 4.79 Å². The van der Waals surface area contributed by atoms with Crippen molar-refractivity contribution in [2.24, 2.45) is 0 Å². The average molecular weight is 259 g/mol. The third kappa shape index (κ3) is 3.66. The van der Waals surface area contributed by atoms with Crippen molar-refractivity contribution in [3.05, 3.63) is 48.5 Å². The number of carbonyl (C=O) groups excluding carboxylic acids is 1. The summed E-state index contributed by atoms with van der Waals surface area (Å²) in [6, 6.07) is 9.76. The second-order valence-electron chi connectivity index (χ2n) is 4.10. The Bertz CT molecular complexity index is 522. The number of imidazole rings is 1. The lowest BCUT2D eigenvalue weighted by molar-refractivity contribution is 0.0944. The maximum Gasteiger partial charge on any atom is 0.271 e. The highest BCUT2D eigenvalue weighted by atomic mass is 16.5. The Morgan fingerprint density at radius 1 is 1.37 bits per heavy atom. The quantitative estimate of drug-likeness (QED) is 0.802. The number of ether oxygens (including phenoxy) is 1. The van der Waals surface area contributed by atoms with Crippen LogP contribution in [0.4, 0.5) is 0 Å². The molecule has 1 amide bonds. The highest BCUT2D eigenvalue weighted by Gasteiger charge is 2.08. The van der Waals surface area contributed by atoms with E-state index in [-0.39, 0.29) is 5.91 Å². The van der Waals surface area contributed by atoms with Crippen LogP contribution in [0.2, 0.25) is 0 Å². The minimum Gasteiger partial charge on any atom is -0.385 e. The summed E-state index contributed by atoms with van der Waals surface area (Å²) in [4.78, 5) is 15.9. The van der Waals surface area contributed by atoms with Gasteiger partial charge in [0.15, 0.2) is 0 Å². The topological polar surface area (TPSA) is 56.1 Å². The molecule has 5 nitrogen and oxygen atoms in total. The summed E-state index contributed by atoms with van der Waals surface area (Å²) in [6.07, 6.45) is 4.15. The van der Waals surface area contributed by atoms with Crippen LogP contribution >= 0.6 is 0 Å². The van der Waals surface area contributed by atoms with E-state index in [0.717, 1.165) is 12.1 Å². The van der Waals surface area contributed by atoms with Crippen LogP contribution in [-0.2, 0) is 4.74 Å². The Balaban J connectivity index is 1.95. The molecule has 1 heterocycles. The van der Waals surface area contributed by atoms with E-state index in [1.54, 1.807) is 19.6 Å². The number of hydrogen-bond acceptors (Lipinski definition) is 3. The van der Waals surface area contributed by atoms with Crippen LogP contribution in [0.15, 0.2) is 42.9 Å². The number of para-hydroxylation sites is 1. The fraction of sp³-hybridized carbons (Fsp3) is 0.286. The summed E-state index contributed by atoms with van der Waals surface area (Å²) in [5.74, 6) is -0.161. The van der Waals surface area contributed by atoms with Crippen molar-refractivity contribution in [1.82, 2.24) is 14.9 Å². The van der Waals surface area contributed by atoms with E-state index < -0.39 is 0 Å². The normalized spacial score (nSPS) is 10.4. The van der Waals surface area contributed by atoms with Gasteiger partial charge in [0.25, 0.3) is 5.91 Å². The highest BCUT2D eigenvalue weighted by molar-refractivity contribution is 5.92. The number of carbonyl (C=O) groups is 1. The number of amides is 1. The molecule has 0 saturated heterocycles. The first kappa shape index (κ1) is 13.3. The fourth-order valence-corrected chi connectivity index (χ4v) is 1.69. The molecule has 0 aliphatic rings. The number of nitrogens with zero attached hydrogens (tertiary/aromatic N) is 2. The molecule has 0 spiro atoms. The third-order valence-electron chi connectivity index (χ3n) is 2.68. The molecule has 0 saturated carbocycles. The maximum absolute atomic E-state index is 11.8. The minimum atomic E-state index is -0.161. The molecule has 0 bridgehead atoms. The van der Waals surface area contributed by atoms with E-state index in [0.29, 0.717) is 18.8 Å². The third-order valence-corrected chi connectivity index (χ3v) is 2.68. The first-order chi connectivity index (χ1) is 9.31. The molecule has 0 fully saturated rings. The number of rotatable bonds is 6. The zero-order valence-corrected chi connectivity index (χ0v) is 10.9. The van der Waals surface area contributed by atoms with Crippen LogP contribution in [0.5, 0.6) is 0 Å². The molecule has 19 heavy (non-hydrogen) atoms. The number of nitrogens with one attached hydrogen (secondary N) is 1. The van der Waals surface area contributed by atoms with Gasteiger partial charge >= 0.3 is 0 Å². The van der Waals surface area contributed by atoms with Crippen molar-refractivity contribution in [1.29, 1.82) is 0 Å². The van der Waals surface area contributed by atoms with Gasteiger partial charge in [0.2, 0.25) is 0 Å². The Labute approximate surface area is 112 Å². The van der Waals surface area contributed by atoms with E-state index in [2.05, 4.69) is 10.3 Å². The molecule has 0 atom stereocenters. The van der Waals surface area contributed by atoms with E-state index in [1.165, 1.54) is 0 Å². The number of methoxy groups -OCH3 is 1. The Hall–Kier alpha value is -2.14. The van der Waals surface area contributed by atoms with Crippen molar-refractivity contribution < 1.29 is 9.53 Å². The molecule has 0 radical (unpaired) electrons. The zero-order valence-electron chi connectivity index (χ0n) is 10.9. The number of aromatic nitrogens is 2. The van der Waals surface area contributed by atoms with Gasteiger partial charge in [-0.05, 0) is 18.6 Å². The molecule has 0 aliphatic heterocycles. The van der Waals surface area contributed by atoms with E-state index in [4.69, 9.17) is 4.74 Å². The molecular weight excluding hydrogens is 242 g/mol. The molecule has 0 unspecified atom stereocenters. The molecule has 0 aliphatic carbocycles. The van der Waals surface area contributed by atoms with E-state index in [1.807, 2.05) is 34.9 Å². The fourth-order valence-electron chi connectivity index (χ4n) is 1.69. The molecular formula is C14H17N3O2. The van der Waals surface area contributed by atoms with Gasteiger partial charge in [0, 0.05) is 32.1 Å². The molecule has 1 aromatic carbocycles. The van der Waals surface area contributed by atoms with E-state index >= 15 is 0 Å². The summed E-state index contributed by atoms with van der Waals surface area (Å²) >= 11 is 0. The van der Waals surface area contributed by atoms with Gasteiger partial charge in [-0.25, -0.2) is 4.98 Å². The zero-order chi connectivity index (χ0) is 13.5. The van der Waals surface area contributed by atoms with Gasteiger partial charge in [-0.2, -0.15) is 0 Å². The van der Waals surface area contributed by atoms with Crippen molar-refractivity contribution >= 4 is 5.91 Å². The first-order valence-corrected chi connectivity index (χ1v) is 6.18. The van der Waals surface area contributed by atoms with Gasteiger partial charge in [-0.3, -0.25) is 4.79 Å². The van der Waals surface area contributed by atoms with Crippen molar-refractivity contribution in [3.63, 3.8) is 0 Å². The van der Waals surface area contributed by atoms with Crippen LogP contribution in [0.1, 0.15) is 16.9 Å². The first-order valence-electron chi connectivity index (χ1n) is 6.18. The second kappa shape index (κ2) is 6.70. The van der Waals surface area contributed by atoms with Gasteiger partial charge in [0.05, 0.1) is 0 Å². The van der Waals surface area contributed by atoms with Gasteiger partial charge in [0.1, 0.15) is 12.0 Å². The Morgan fingerprint density at radius 2 is 2.16 bits per heavy atom. The number of benzene rings is 1. The molecule has 2 rings (SSSR count). The monoisotopic (exact) mass is 259 g/mol. The summed E-state index contributed by atoms with van der Waals surface area (Å²) in [5, 5.41) is 2.80. The Morgan fingerprint density at radius 3 is 2.89 bits per heavy atom. The van der Waals surface area contributed by atoms with Crippen LogP contribution in [0.3, 0.4) is 0 Å². The predicted octanol–water partition coefficient (Wildman–Crippen LogP) is 1.64. The minimum absolute atomic E-state index is 0.161. The standard InChI is InChI=1S/C14H17N3O2/c1-19-9-5-8-15-14(18)13-10-17(11-16-13)12-6-3-2-4-7-12/h2-4,6-7,10-11H,5,8-9H2,1H3,(H,15,18). The van der Waals surface area contributed by atoms with Crippen LogP contribution in [0, 0.1) is 0 Å². The van der Waals surface area contributed by atoms with Crippen molar-refractivity contribution in [2.45, 2.75) is 6.42 Å². The highest BCUT2D eigenvalue weighted by Crippen LogP contribution is 2.07. The molecule has 1 aromatic heterocycles. The summed E-state index contributed by atoms with van der Waals surface area (Å²) < 4.78 is 6.74. The van der Waals surface area contributed by atoms with Crippen LogP contribution < -0.4 is 5.32 Å². The lowest BCUT2D eigenvalue weighted by Crippen LogP contribution is -2.25. The molecule has 5 heteroatoms. The lowest BCUT2D eigenvalue weighted by Gasteiger charge is -2.02.